The van der Waals surface area contributed by atoms with E-state index in [1.54, 1.807) is 12.3 Å². The average Bonchev–Trinajstić information content (AvgIpc) is 2.90. The van der Waals surface area contributed by atoms with Crippen molar-refractivity contribution >= 4 is 21.8 Å². The second kappa shape index (κ2) is 6.52. The number of benzene rings is 1. The fraction of sp³-hybridized carbons (Fsp3) is 0.286. The number of nitrogens with one attached hydrogen (secondary N) is 1. The van der Waals surface area contributed by atoms with Crippen molar-refractivity contribution in [3.05, 3.63) is 52.3 Å². The second-order valence-corrected chi connectivity index (χ2v) is 5.33. The van der Waals surface area contributed by atoms with Crippen molar-refractivity contribution in [2.45, 2.75) is 25.8 Å². The van der Waals surface area contributed by atoms with Gasteiger partial charge in [-0.1, -0.05) is 40.1 Å². The van der Waals surface area contributed by atoms with Gasteiger partial charge in [0.15, 0.2) is 5.76 Å². The van der Waals surface area contributed by atoms with Crippen LogP contribution in [0.5, 0.6) is 0 Å². The lowest BCUT2D eigenvalue weighted by Crippen LogP contribution is -2.23. The molecule has 2 aromatic rings. The van der Waals surface area contributed by atoms with Gasteiger partial charge in [0.1, 0.15) is 0 Å². The summed E-state index contributed by atoms with van der Waals surface area (Å²) in [5, 5.41) is 6.40. The molecule has 0 fully saturated rings. The minimum absolute atomic E-state index is 0.00631. The Hall–Kier alpha value is -1.62. The van der Waals surface area contributed by atoms with Gasteiger partial charge < -0.3 is 9.84 Å². The molecule has 0 aliphatic heterocycles. The van der Waals surface area contributed by atoms with Crippen LogP contribution in [0.4, 0.5) is 0 Å². The zero-order valence-corrected chi connectivity index (χ0v) is 12.2. The molecular weight excluding hydrogens is 308 g/mol. The molecule has 1 N–H and O–H groups in total. The van der Waals surface area contributed by atoms with Crippen LogP contribution in [0.15, 0.2) is 45.5 Å². The molecule has 1 amide bonds. The first-order valence-electron chi connectivity index (χ1n) is 6.07. The standard InChI is InChI=1S/C14H15BrN2O2/c1-10(11-2-4-12(15)5-3-11)8-14(18)16-9-13-6-7-17-19-13/h2-7,10H,8-9H2,1H3,(H,16,18). The fourth-order valence-electron chi connectivity index (χ4n) is 1.78. The normalized spacial score (nSPS) is 12.1. The molecule has 100 valence electrons. The zero-order chi connectivity index (χ0) is 13.7. The van der Waals surface area contributed by atoms with Crippen LogP contribution in [-0.4, -0.2) is 11.1 Å². The van der Waals surface area contributed by atoms with Gasteiger partial charge in [0.25, 0.3) is 0 Å². The van der Waals surface area contributed by atoms with E-state index in [0.717, 1.165) is 10.0 Å². The molecule has 0 bridgehead atoms. The number of hydrogen-bond acceptors (Lipinski definition) is 3. The second-order valence-electron chi connectivity index (χ2n) is 4.41. The molecule has 1 aromatic carbocycles. The monoisotopic (exact) mass is 322 g/mol. The van der Waals surface area contributed by atoms with Crippen LogP contribution in [0.25, 0.3) is 0 Å². The van der Waals surface area contributed by atoms with Crippen molar-refractivity contribution in [3.8, 4) is 0 Å². The number of hydrogen-bond donors (Lipinski definition) is 1. The molecule has 0 spiro atoms. The largest absolute Gasteiger partial charge is 0.360 e. The van der Waals surface area contributed by atoms with E-state index in [-0.39, 0.29) is 11.8 Å². The molecule has 1 unspecified atom stereocenters. The first-order chi connectivity index (χ1) is 9.15. The first-order valence-corrected chi connectivity index (χ1v) is 6.86. The number of rotatable bonds is 5. The van der Waals surface area contributed by atoms with Gasteiger partial charge in [-0.3, -0.25) is 4.79 Å². The third-order valence-corrected chi connectivity index (χ3v) is 3.41. The molecule has 0 radical (unpaired) electrons. The van der Waals surface area contributed by atoms with Gasteiger partial charge in [-0.05, 0) is 23.6 Å². The highest BCUT2D eigenvalue weighted by Crippen LogP contribution is 2.21. The molecule has 19 heavy (non-hydrogen) atoms. The Morgan fingerprint density at radius 1 is 1.37 bits per heavy atom. The van der Waals surface area contributed by atoms with E-state index in [2.05, 4.69) is 26.4 Å². The van der Waals surface area contributed by atoms with E-state index < -0.39 is 0 Å². The maximum absolute atomic E-state index is 11.8. The van der Waals surface area contributed by atoms with Crippen LogP contribution in [0.1, 0.15) is 30.6 Å². The number of carbonyl (C=O) groups is 1. The highest BCUT2D eigenvalue weighted by Gasteiger charge is 2.11. The smallest absolute Gasteiger partial charge is 0.220 e. The third-order valence-electron chi connectivity index (χ3n) is 2.88. The minimum atomic E-state index is 0.00631. The Morgan fingerprint density at radius 2 is 2.11 bits per heavy atom. The van der Waals surface area contributed by atoms with Gasteiger partial charge in [0, 0.05) is 17.0 Å². The first kappa shape index (κ1) is 13.8. The van der Waals surface area contributed by atoms with E-state index in [1.165, 1.54) is 0 Å². The van der Waals surface area contributed by atoms with Crippen molar-refractivity contribution in [2.24, 2.45) is 0 Å². The Bertz CT molecular complexity index is 523. The van der Waals surface area contributed by atoms with Gasteiger partial charge >= 0.3 is 0 Å². The number of halogens is 1. The summed E-state index contributed by atoms with van der Waals surface area (Å²) in [7, 11) is 0. The van der Waals surface area contributed by atoms with Crippen LogP contribution in [-0.2, 0) is 11.3 Å². The van der Waals surface area contributed by atoms with Crippen LogP contribution in [0.2, 0.25) is 0 Å². The van der Waals surface area contributed by atoms with Crippen molar-refractivity contribution < 1.29 is 9.32 Å². The van der Waals surface area contributed by atoms with Crippen LogP contribution in [0.3, 0.4) is 0 Å². The van der Waals surface area contributed by atoms with Gasteiger partial charge in [0.05, 0.1) is 12.7 Å². The number of amides is 1. The molecule has 0 aliphatic rings. The molecular formula is C14H15BrN2O2. The summed E-state index contributed by atoms with van der Waals surface area (Å²) < 4.78 is 5.96. The van der Waals surface area contributed by atoms with Gasteiger partial charge in [-0.15, -0.1) is 0 Å². The molecule has 1 aromatic heterocycles. The summed E-state index contributed by atoms with van der Waals surface area (Å²) in [6, 6.07) is 9.76. The Labute approximate surface area is 120 Å². The Morgan fingerprint density at radius 3 is 2.74 bits per heavy atom. The summed E-state index contributed by atoms with van der Waals surface area (Å²) in [5.41, 5.74) is 1.15. The van der Waals surface area contributed by atoms with Crippen LogP contribution in [0, 0.1) is 0 Å². The van der Waals surface area contributed by atoms with E-state index in [1.807, 2.05) is 31.2 Å². The van der Waals surface area contributed by atoms with E-state index >= 15 is 0 Å². The highest BCUT2D eigenvalue weighted by molar-refractivity contribution is 9.10. The predicted molar refractivity (Wildman–Crippen MR) is 75.5 cm³/mol. The van der Waals surface area contributed by atoms with E-state index in [0.29, 0.717) is 18.7 Å². The maximum Gasteiger partial charge on any atom is 0.220 e. The quantitative estimate of drug-likeness (QED) is 0.919. The Balaban J connectivity index is 1.83. The van der Waals surface area contributed by atoms with Gasteiger partial charge in [0.2, 0.25) is 5.91 Å². The molecule has 2 rings (SSSR count). The third kappa shape index (κ3) is 4.21. The molecule has 0 saturated heterocycles. The number of aromatic nitrogens is 1. The predicted octanol–water partition coefficient (Wildman–Crippen LogP) is 3.25. The minimum Gasteiger partial charge on any atom is -0.360 e. The summed E-state index contributed by atoms with van der Waals surface area (Å²) in [5.74, 6) is 0.847. The lowest BCUT2D eigenvalue weighted by atomic mass is 9.97. The summed E-state index contributed by atoms with van der Waals surface area (Å²) in [4.78, 5) is 11.8. The summed E-state index contributed by atoms with van der Waals surface area (Å²) >= 11 is 3.40. The molecule has 0 aliphatic carbocycles. The van der Waals surface area contributed by atoms with Crippen LogP contribution < -0.4 is 5.32 Å². The van der Waals surface area contributed by atoms with E-state index in [9.17, 15) is 4.79 Å². The van der Waals surface area contributed by atoms with Crippen molar-refractivity contribution in [1.29, 1.82) is 0 Å². The van der Waals surface area contributed by atoms with E-state index in [4.69, 9.17) is 4.52 Å². The highest BCUT2D eigenvalue weighted by atomic mass is 79.9. The number of carbonyl (C=O) groups excluding carboxylic acids is 1. The maximum atomic E-state index is 11.8. The Kier molecular flexibility index (Phi) is 4.74. The van der Waals surface area contributed by atoms with Gasteiger partial charge in [-0.2, -0.15) is 0 Å². The van der Waals surface area contributed by atoms with Crippen molar-refractivity contribution in [2.75, 3.05) is 0 Å². The molecule has 1 atom stereocenters. The molecule has 1 heterocycles. The van der Waals surface area contributed by atoms with Crippen LogP contribution >= 0.6 is 15.9 Å². The van der Waals surface area contributed by atoms with Gasteiger partial charge in [-0.25, -0.2) is 0 Å². The van der Waals surface area contributed by atoms with Crippen molar-refractivity contribution in [1.82, 2.24) is 10.5 Å². The fourth-order valence-corrected chi connectivity index (χ4v) is 2.04. The zero-order valence-electron chi connectivity index (χ0n) is 10.6. The molecule has 0 saturated carbocycles. The average molecular weight is 323 g/mol. The summed E-state index contributed by atoms with van der Waals surface area (Å²) in [6.07, 6.45) is 2.02. The van der Waals surface area contributed by atoms with Crippen molar-refractivity contribution in [3.63, 3.8) is 0 Å². The SMILES string of the molecule is CC(CC(=O)NCc1ccno1)c1ccc(Br)cc1. The molecule has 4 nitrogen and oxygen atoms in total. The lowest BCUT2D eigenvalue weighted by molar-refractivity contribution is -0.121. The molecule has 5 heteroatoms. The topological polar surface area (TPSA) is 55.1 Å². The summed E-state index contributed by atoms with van der Waals surface area (Å²) in [6.45, 7) is 2.42. The number of nitrogens with zero attached hydrogens (tertiary/aromatic N) is 1. The lowest BCUT2D eigenvalue weighted by Gasteiger charge is -2.11.